The topological polar surface area (TPSA) is 86.3 Å². The molecule has 1 atom stereocenters. The van der Waals surface area contributed by atoms with Crippen LogP contribution in [-0.4, -0.2) is 40.6 Å². The quantitative estimate of drug-likeness (QED) is 0.865. The van der Waals surface area contributed by atoms with E-state index in [1.54, 1.807) is 11.2 Å². The molecule has 1 aromatic rings. The van der Waals surface area contributed by atoms with Crippen LogP contribution >= 0.6 is 0 Å². The largest absolute Gasteiger partial charge is 0.390 e. The van der Waals surface area contributed by atoms with Crippen LogP contribution in [0.15, 0.2) is 4.90 Å². The van der Waals surface area contributed by atoms with Crippen molar-refractivity contribution >= 4 is 10.0 Å². The molecule has 19 heavy (non-hydrogen) atoms. The molecule has 1 saturated heterocycles. The number of aromatic nitrogens is 2. The Balaban J connectivity index is 2.45. The second-order valence-electron chi connectivity index (χ2n) is 5.35. The summed E-state index contributed by atoms with van der Waals surface area (Å²) >= 11 is 0. The molecule has 0 aromatic carbocycles. The molecule has 1 aromatic heterocycles. The van der Waals surface area contributed by atoms with Gasteiger partial charge in [0.25, 0.3) is 0 Å². The zero-order valence-electron chi connectivity index (χ0n) is 11.5. The lowest BCUT2D eigenvalue weighted by molar-refractivity contribution is 0.272. The number of aromatic amines is 1. The number of nitrogens with one attached hydrogen (secondary N) is 1. The van der Waals surface area contributed by atoms with Gasteiger partial charge in [-0.1, -0.05) is 13.8 Å². The predicted molar refractivity (Wildman–Crippen MR) is 71.0 cm³/mol. The summed E-state index contributed by atoms with van der Waals surface area (Å²) in [6.45, 7) is 5.90. The van der Waals surface area contributed by atoms with Crippen molar-refractivity contribution < 1.29 is 13.5 Å². The summed E-state index contributed by atoms with van der Waals surface area (Å²) in [5.41, 5.74) is 0.686. The average Bonchev–Trinajstić information content (AvgIpc) is 2.94. The molecule has 2 N–H and O–H groups in total. The molecule has 1 unspecified atom stereocenters. The van der Waals surface area contributed by atoms with E-state index in [0.29, 0.717) is 12.2 Å². The number of hydrogen-bond acceptors (Lipinski definition) is 4. The van der Waals surface area contributed by atoms with Crippen molar-refractivity contribution in [2.24, 2.45) is 5.92 Å². The van der Waals surface area contributed by atoms with E-state index in [1.165, 1.54) is 0 Å². The molecule has 0 aliphatic carbocycles. The number of nitrogens with zero attached hydrogens (tertiary/aromatic N) is 2. The van der Waals surface area contributed by atoms with Crippen molar-refractivity contribution in [2.45, 2.75) is 51.2 Å². The minimum absolute atomic E-state index is 0.0332. The Morgan fingerprint density at radius 2 is 2.21 bits per heavy atom. The van der Waals surface area contributed by atoms with Crippen LogP contribution in [0.1, 0.15) is 38.1 Å². The molecule has 1 fully saturated rings. The molecule has 0 bridgehead atoms. The van der Waals surface area contributed by atoms with Gasteiger partial charge in [0, 0.05) is 12.6 Å². The second-order valence-corrected chi connectivity index (χ2v) is 7.18. The molecular weight excluding hydrogens is 266 g/mol. The van der Waals surface area contributed by atoms with Gasteiger partial charge in [0.15, 0.2) is 0 Å². The second kappa shape index (κ2) is 5.22. The molecule has 108 valence electrons. The van der Waals surface area contributed by atoms with E-state index in [-0.39, 0.29) is 29.2 Å². The van der Waals surface area contributed by atoms with Gasteiger partial charge in [0.2, 0.25) is 10.0 Å². The summed E-state index contributed by atoms with van der Waals surface area (Å²) < 4.78 is 27.1. The first-order chi connectivity index (χ1) is 8.89. The van der Waals surface area contributed by atoms with Crippen LogP contribution < -0.4 is 0 Å². The molecule has 1 aliphatic heterocycles. The van der Waals surface area contributed by atoms with Crippen molar-refractivity contribution in [1.82, 2.24) is 14.5 Å². The molecule has 0 spiro atoms. The molecule has 1 aliphatic rings. The zero-order chi connectivity index (χ0) is 14.2. The van der Waals surface area contributed by atoms with Crippen LogP contribution in [0.4, 0.5) is 0 Å². The summed E-state index contributed by atoms with van der Waals surface area (Å²) in [5, 5.41) is 15.8. The Morgan fingerprint density at radius 1 is 1.53 bits per heavy atom. The summed E-state index contributed by atoms with van der Waals surface area (Å²) in [4.78, 5) is 0.141. The summed E-state index contributed by atoms with van der Waals surface area (Å²) in [5.74, 6) is 0.280. The lowest BCUT2D eigenvalue weighted by Gasteiger charge is -2.27. The van der Waals surface area contributed by atoms with Crippen molar-refractivity contribution in [3.05, 3.63) is 11.4 Å². The van der Waals surface area contributed by atoms with Gasteiger partial charge in [0.05, 0.1) is 12.3 Å². The predicted octanol–water partition coefficient (Wildman–Crippen LogP) is 1.02. The van der Waals surface area contributed by atoms with Gasteiger partial charge < -0.3 is 5.11 Å². The van der Waals surface area contributed by atoms with Crippen LogP contribution in [0.3, 0.4) is 0 Å². The minimum Gasteiger partial charge on any atom is -0.390 e. The third kappa shape index (κ3) is 2.42. The Labute approximate surface area is 113 Å². The summed E-state index contributed by atoms with van der Waals surface area (Å²) in [6, 6.07) is 0.0332. The number of H-pyrrole nitrogens is 1. The highest BCUT2D eigenvalue weighted by atomic mass is 32.2. The maximum Gasteiger partial charge on any atom is 0.247 e. The standard InChI is InChI=1S/C12H21N3O3S/c1-8(2)11-5-4-6-15(11)19(17,18)12-9(3)13-14-10(12)7-16/h8,11,16H,4-7H2,1-3H3,(H,13,14). The van der Waals surface area contributed by atoms with E-state index in [1.807, 2.05) is 13.8 Å². The molecular formula is C12H21N3O3S. The van der Waals surface area contributed by atoms with Crippen molar-refractivity contribution in [3.8, 4) is 0 Å². The van der Waals surface area contributed by atoms with Gasteiger partial charge in [0.1, 0.15) is 10.6 Å². The Kier molecular flexibility index (Phi) is 3.98. The first kappa shape index (κ1) is 14.5. The van der Waals surface area contributed by atoms with Crippen LogP contribution in [0.25, 0.3) is 0 Å². The lowest BCUT2D eigenvalue weighted by Crippen LogP contribution is -2.39. The molecule has 0 amide bonds. The summed E-state index contributed by atoms with van der Waals surface area (Å²) in [6.07, 6.45) is 1.77. The van der Waals surface area contributed by atoms with Gasteiger partial charge >= 0.3 is 0 Å². The maximum atomic E-state index is 12.8. The van der Waals surface area contributed by atoms with Crippen LogP contribution in [0.5, 0.6) is 0 Å². The maximum absolute atomic E-state index is 12.8. The number of rotatable bonds is 4. The summed E-state index contributed by atoms with van der Waals surface area (Å²) in [7, 11) is -3.58. The molecule has 2 rings (SSSR count). The minimum atomic E-state index is -3.58. The smallest absolute Gasteiger partial charge is 0.247 e. The van der Waals surface area contributed by atoms with Gasteiger partial charge in [-0.2, -0.15) is 9.40 Å². The van der Waals surface area contributed by atoms with Crippen molar-refractivity contribution in [1.29, 1.82) is 0 Å². The zero-order valence-corrected chi connectivity index (χ0v) is 12.4. The molecule has 0 saturated carbocycles. The fourth-order valence-corrected chi connectivity index (χ4v) is 4.92. The van der Waals surface area contributed by atoms with E-state index < -0.39 is 10.0 Å². The first-order valence-corrected chi connectivity index (χ1v) is 8.00. The van der Waals surface area contributed by atoms with E-state index in [0.717, 1.165) is 12.8 Å². The van der Waals surface area contributed by atoms with Gasteiger partial charge in [-0.25, -0.2) is 8.42 Å². The van der Waals surface area contributed by atoms with Crippen molar-refractivity contribution in [3.63, 3.8) is 0 Å². The number of aliphatic hydroxyl groups is 1. The molecule has 2 heterocycles. The third-order valence-corrected chi connectivity index (χ3v) is 5.82. The Hall–Kier alpha value is -0.920. The van der Waals surface area contributed by atoms with Crippen LogP contribution in [0.2, 0.25) is 0 Å². The lowest BCUT2D eigenvalue weighted by atomic mass is 10.0. The number of aryl methyl sites for hydroxylation is 1. The highest BCUT2D eigenvalue weighted by Gasteiger charge is 2.39. The van der Waals surface area contributed by atoms with E-state index >= 15 is 0 Å². The normalized spacial score (nSPS) is 21.4. The van der Waals surface area contributed by atoms with Crippen LogP contribution in [0, 0.1) is 12.8 Å². The highest BCUT2D eigenvalue weighted by Crippen LogP contribution is 2.32. The molecule has 6 nitrogen and oxygen atoms in total. The SMILES string of the molecule is Cc1[nH]nc(CO)c1S(=O)(=O)N1CCCC1C(C)C. The fourth-order valence-electron chi connectivity index (χ4n) is 2.77. The van der Waals surface area contributed by atoms with Gasteiger partial charge in [-0.3, -0.25) is 5.10 Å². The number of hydrogen-bond donors (Lipinski definition) is 2. The number of sulfonamides is 1. The van der Waals surface area contributed by atoms with E-state index in [2.05, 4.69) is 10.2 Å². The molecule has 7 heteroatoms. The number of aliphatic hydroxyl groups excluding tert-OH is 1. The van der Waals surface area contributed by atoms with E-state index in [4.69, 9.17) is 0 Å². The monoisotopic (exact) mass is 287 g/mol. The van der Waals surface area contributed by atoms with E-state index in [9.17, 15) is 13.5 Å². The Morgan fingerprint density at radius 3 is 2.79 bits per heavy atom. The van der Waals surface area contributed by atoms with Gasteiger partial charge in [-0.15, -0.1) is 0 Å². The molecule has 0 radical (unpaired) electrons. The fraction of sp³-hybridized carbons (Fsp3) is 0.750. The third-order valence-electron chi connectivity index (χ3n) is 3.70. The van der Waals surface area contributed by atoms with Gasteiger partial charge in [-0.05, 0) is 25.7 Å². The Bertz CT molecular complexity index is 551. The van der Waals surface area contributed by atoms with Crippen molar-refractivity contribution in [2.75, 3.05) is 6.54 Å². The average molecular weight is 287 g/mol. The van der Waals surface area contributed by atoms with Crippen LogP contribution in [-0.2, 0) is 16.6 Å². The highest BCUT2D eigenvalue weighted by molar-refractivity contribution is 7.89. The first-order valence-electron chi connectivity index (χ1n) is 6.56.